The Morgan fingerprint density at radius 3 is 2.96 bits per heavy atom. The van der Waals surface area contributed by atoms with Crippen LogP contribution < -0.4 is 5.32 Å². The largest absolute Gasteiger partial charge is 0.451 e. The Hall–Kier alpha value is -2.67. The smallest absolute Gasteiger partial charge is 0.287 e. The van der Waals surface area contributed by atoms with Gasteiger partial charge >= 0.3 is 0 Å². The van der Waals surface area contributed by atoms with Crippen molar-refractivity contribution in [2.24, 2.45) is 0 Å². The van der Waals surface area contributed by atoms with Crippen LogP contribution in [0, 0.1) is 13.8 Å². The maximum absolute atomic E-state index is 12.7. The van der Waals surface area contributed by atoms with Gasteiger partial charge in [-0.3, -0.25) is 4.79 Å². The molecule has 1 amide bonds. The van der Waals surface area contributed by atoms with Gasteiger partial charge < -0.3 is 19.0 Å². The molecule has 1 aromatic carbocycles. The second-order valence-electron chi connectivity index (χ2n) is 6.48. The highest BCUT2D eigenvalue weighted by atomic mass is 16.5. The minimum absolute atomic E-state index is 0.254. The van der Waals surface area contributed by atoms with E-state index in [0.29, 0.717) is 23.8 Å². The van der Waals surface area contributed by atoms with Gasteiger partial charge in [0.25, 0.3) is 5.91 Å². The summed E-state index contributed by atoms with van der Waals surface area (Å²) in [6.45, 7) is 7.20. The van der Waals surface area contributed by atoms with E-state index in [9.17, 15) is 4.79 Å². The van der Waals surface area contributed by atoms with Crippen molar-refractivity contribution in [1.82, 2.24) is 20.1 Å². The Labute approximate surface area is 152 Å². The molecule has 0 bridgehead atoms. The number of carbonyl (C=O) groups excluding carboxylic acids is 1. The number of rotatable bonds is 7. The number of methoxy groups -OCH3 is 1. The van der Waals surface area contributed by atoms with Gasteiger partial charge in [0.1, 0.15) is 11.9 Å². The Kier molecular flexibility index (Phi) is 5.37. The zero-order valence-electron chi connectivity index (χ0n) is 15.6. The van der Waals surface area contributed by atoms with Crippen LogP contribution in [0.3, 0.4) is 0 Å². The lowest BCUT2D eigenvalue weighted by atomic mass is 10.1. The number of carbonyl (C=O) groups is 1. The summed E-state index contributed by atoms with van der Waals surface area (Å²) in [4.78, 5) is 12.7. The molecule has 1 atom stereocenters. The fraction of sp³-hybridized carbons (Fsp3) is 0.421. The van der Waals surface area contributed by atoms with Crippen molar-refractivity contribution in [3.8, 4) is 0 Å². The minimum Gasteiger partial charge on any atom is -0.451 e. The van der Waals surface area contributed by atoms with Crippen molar-refractivity contribution >= 4 is 16.9 Å². The van der Waals surface area contributed by atoms with Gasteiger partial charge in [0.15, 0.2) is 11.6 Å². The molecule has 26 heavy (non-hydrogen) atoms. The molecule has 0 saturated carbocycles. The molecular formula is C19H24N4O3. The minimum atomic E-state index is -0.290. The average molecular weight is 356 g/mol. The number of amides is 1. The van der Waals surface area contributed by atoms with E-state index in [-0.39, 0.29) is 11.9 Å². The molecule has 3 rings (SSSR count). The Balaban J connectivity index is 1.76. The number of hydrogen-bond acceptors (Lipinski definition) is 5. The van der Waals surface area contributed by atoms with E-state index < -0.39 is 0 Å². The maximum atomic E-state index is 12.7. The first-order valence-corrected chi connectivity index (χ1v) is 8.68. The van der Waals surface area contributed by atoms with Gasteiger partial charge in [0, 0.05) is 31.2 Å². The van der Waals surface area contributed by atoms with Crippen LogP contribution in [0.5, 0.6) is 0 Å². The summed E-state index contributed by atoms with van der Waals surface area (Å²) in [5.74, 6) is 0.789. The van der Waals surface area contributed by atoms with Crippen molar-refractivity contribution in [1.29, 1.82) is 0 Å². The van der Waals surface area contributed by atoms with E-state index >= 15 is 0 Å². The topological polar surface area (TPSA) is 82.2 Å². The average Bonchev–Trinajstić information content (AvgIpc) is 3.20. The highest BCUT2D eigenvalue weighted by molar-refractivity contribution is 5.99. The second kappa shape index (κ2) is 7.70. The number of aromatic nitrogens is 3. The first-order valence-electron chi connectivity index (χ1n) is 8.68. The molecule has 0 saturated heterocycles. The van der Waals surface area contributed by atoms with Crippen LogP contribution in [-0.2, 0) is 11.3 Å². The monoisotopic (exact) mass is 356 g/mol. The lowest BCUT2D eigenvalue weighted by molar-refractivity contribution is 0.0910. The van der Waals surface area contributed by atoms with Crippen LogP contribution in [-0.4, -0.2) is 34.4 Å². The number of ether oxygens (including phenoxy) is 1. The van der Waals surface area contributed by atoms with Crippen LogP contribution in [0.1, 0.15) is 46.9 Å². The molecule has 0 aliphatic heterocycles. The number of fused-ring (bicyclic) bond motifs is 1. The predicted octanol–water partition coefficient (Wildman–Crippen LogP) is 3.17. The van der Waals surface area contributed by atoms with Crippen molar-refractivity contribution in [2.45, 2.75) is 39.8 Å². The highest BCUT2D eigenvalue weighted by Gasteiger charge is 2.22. The van der Waals surface area contributed by atoms with Crippen LogP contribution in [0.4, 0.5) is 0 Å². The molecule has 0 radical (unpaired) electrons. The van der Waals surface area contributed by atoms with Crippen LogP contribution in [0.25, 0.3) is 11.0 Å². The van der Waals surface area contributed by atoms with E-state index in [4.69, 9.17) is 9.15 Å². The SMILES string of the molecule is COCCCn1cnnc1C(C)NC(=O)c1oc2ccc(C)cc2c1C. The Morgan fingerprint density at radius 1 is 1.38 bits per heavy atom. The highest BCUT2D eigenvalue weighted by Crippen LogP contribution is 2.26. The molecule has 7 nitrogen and oxygen atoms in total. The number of benzene rings is 1. The summed E-state index contributed by atoms with van der Waals surface area (Å²) < 4.78 is 12.8. The fourth-order valence-corrected chi connectivity index (χ4v) is 3.03. The number of aryl methyl sites for hydroxylation is 3. The van der Waals surface area contributed by atoms with Gasteiger partial charge in [-0.15, -0.1) is 10.2 Å². The van der Waals surface area contributed by atoms with Crippen molar-refractivity contribution in [3.63, 3.8) is 0 Å². The van der Waals surface area contributed by atoms with E-state index in [1.807, 2.05) is 43.5 Å². The number of furan rings is 1. The van der Waals surface area contributed by atoms with Crippen LogP contribution >= 0.6 is 0 Å². The predicted molar refractivity (Wildman–Crippen MR) is 98.1 cm³/mol. The lowest BCUT2D eigenvalue weighted by Crippen LogP contribution is -2.29. The molecule has 2 aromatic heterocycles. The van der Waals surface area contributed by atoms with E-state index in [1.54, 1.807) is 13.4 Å². The molecular weight excluding hydrogens is 332 g/mol. The standard InChI is InChI=1S/C19H24N4O3/c1-12-6-7-16-15(10-12)13(2)17(26-16)19(24)21-14(3)18-22-20-11-23(18)8-5-9-25-4/h6-7,10-11,14H,5,8-9H2,1-4H3,(H,21,24). The van der Waals surface area contributed by atoms with Gasteiger partial charge in [-0.2, -0.15) is 0 Å². The van der Waals surface area contributed by atoms with Gasteiger partial charge in [0.05, 0.1) is 6.04 Å². The molecule has 7 heteroatoms. The molecule has 0 spiro atoms. The molecule has 0 aliphatic rings. The molecule has 138 valence electrons. The Morgan fingerprint density at radius 2 is 2.19 bits per heavy atom. The zero-order valence-corrected chi connectivity index (χ0v) is 15.6. The summed E-state index contributed by atoms with van der Waals surface area (Å²) >= 11 is 0. The first-order chi connectivity index (χ1) is 12.5. The Bertz CT molecular complexity index is 913. The van der Waals surface area contributed by atoms with Gasteiger partial charge in [-0.05, 0) is 39.3 Å². The quantitative estimate of drug-likeness (QED) is 0.658. The molecule has 0 fully saturated rings. The molecule has 1 unspecified atom stereocenters. The van der Waals surface area contributed by atoms with E-state index in [1.165, 1.54) is 0 Å². The van der Waals surface area contributed by atoms with Gasteiger partial charge in [-0.25, -0.2) is 0 Å². The van der Waals surface area contributed by atoms with E-state index in [2.05, 4.69) is 15.5 Å². The maximum Gasteiger partial charge on any atom is 0.287 e. The summed E-state index contributed by atoms with van der Waals surface area (Å²) in [6, 6.07) is 5.60. The number of nitrogens with one attached hydrogen (secondary N) is 1. The van der Waals surface area contributed by atoms with Crippen molar-refractivity contribution in [3.05, 3.63) is 47.2 Å². The molecule has 2 heterocycles. The molecule has 3 aromatic rings. The summed E-state index contributed by atoms with van der Waals surface area (Å²) in [7, 11) is 1.67. The third kappa shape index (κ3) is 3.62. The van der Waals surface area contributed by atoms with Gasteiger partial charge in [-0.1, -0.05) is 11.6 Å². The normalized spacial score (nSPS) is 12.5. The van der Waals surface area contributed by atoms with Crippen LogP contribution in [0.15, 0.2) is 28.9 Å². The van der Waals surface area contributed by atoms with Crippen molar-refractivity contribution in [2.75, 3.05) is 13.7 Å². The summed E-state index contributed by atoms with van der Waals surface area (Å²) in [6.07, 6.45) is 2.52. The summed E-state index contributed by atoms with van der Waals surface area (Å²) in [5, 5.41) is 12.0. The van der Waals surface area contributed by atoms with E-state index in [0.717, 1.165) is 29.5 Å². The zero-order chi connectivity index (χ0) is 18.7. The fourth-order valence-electron chi connectivity index (χ4n) is 3.03. The first kappa shape index (κ1) is 18.1. The molecule has 0 aliphatic carbocycles. The number of hydrogen-bond donors (Lipinski definition) is 1. The van der Waals surface area contributed by atoms with Gasteiger partial charge in [0.2, 0.25) is 0 Å². The summed E-state index contributed by atoms with van der Waals surface area (Å²) in [5.41, 5.74) is 2.69. The molecule has 1 N–H and O–H groups in total. The van der Waals surface area contributed by atoms with Crippen LogP contribution in [0.2, 0.25) is 0 Å². The second-order valence-corrected chi connectivity index (χ2v) is 6.48. The number of nitrogens with zero attached hydrogens (tertiary/aromatic N) is 3. The third-order valence-electron chi connectivity index (χ3n) is 4.43. The lowest BCUT2D eigenvalue weighted by Gasteiger charge is -2.14. The third-order valence-corrected chi connectivity index (χ3v) is 4.43. The van der Waals surface area contributed by atoms with Crippen molar-refractivity contribution < 1.29 is 13.9 Å².